The normalized spacial score (nSPS) is 17.8. The second kappa shape index (κ2) is 16.9. The highest BCUT2D eigenvalue weighted by atomic mass is 16.5. The molecular formula is C41H48N8O6. The minimum atomic E-state index is -1.22. The summed E-state index contributed by atoms with van der Waals surface area (Å²) in [4.78, 5) is 70.1. The number of benzene rings is 2. The smallest absolute Gasteiger partial charge is 0.407 e. The third kappa shape index (κ3) is 8.83. The number of imidazole rings is 2. The van der Waals surface area contributed by atoms with Gasteiger partial charge in [0.1, 0.15) is 23.7 Å². The number of carbonyl (C=O) groups excluding carboxylic acids is 3. The summed E-state index contributed by atoms with van der Waals surface area (Å²) >= 11 is 0. The molecule has 4 heterocycles. The molecule has 6 rings (SSSR count). The molecule has 2 saturated heterocycles. The summed E-state index contributed by atoms with van der Waals surface area (Å²) < 4.78 is 4.75. The number of nitrogens with one attached hydrogen (secondary N) is 4. The molecule has 2 aliphatic rings. The second-order valence-corrected chi connectivity index (χ2v) is 14.7. The van der Waals surface area contributed by atoms with E-state index < -0.39 is 24.3 Å². The first-order chi connectivity index (χ1) is 26.4. The highest BCUT2D eigenvalue weighted by Crippen LogP contribution is 2.34. The van der Waals surface area contributed by atoms with E-state index in [9.17, 15) is 24.3 Å². The van der Waals surface area contributed by atoms with Crippen LogP contribution >= 0.6 is 0 Å². The Kier molecular flexibility index (Phi) is 11.9. The number of rotatable bonds is 10. The van der Waals surface area contributed by atoms with E-state index in [1.54, 1.807) is 9.80 Å². The van der Waals surface area contributed by atoms with Crippen LogP contribution < -0.4 is 10.6 Å². The van der Waals surface area contributed by atoms with Crippen LogP contribution in [0.25, 0.3) is 22.5 Å². The number of carbonyl (C=O) groups is 4. The van der Waals surface area contributed by atoms with Gasteiger partial charge in [0.2, 0.25) is 11.8 Å². The van der Waals surface area contributed by atoms with Crippen LogP contribution in [0.1, 0.15) is 88.2 Å². The lowest BCUT2D eigenvalue weighted by molar-refractivity contribution is -0.136. The van der Waals surface area contributed by atoms with Crippen molar-refractivity contribution in [3.8, 4) is 34.4 Å². The number of methoxy groups -OCH3 is 1. The van der Waals surface area contributed by atoms with Gasteiger partial charge in [0.15, 0.2) is 0 Å². The van der Waals surface area contributed by atoms with Crippen LogP contribution in [0.3, 0.4) is 0 Å². The highest BCUT2D eigenvalue weighted by Gasteiger charge is 2.39. The van der Waals surface area contributed by atoms with Gasteiger partial charge in [0, 0.05) is 47.7 Å². The molecular weight excluding hydrogens is 701 g/mol. The Morgan fingerprint density at radius 3 is 1.64 bits per heavy atom. The van der Waals surface area contributed by atoms with Crippen LogP contribution in [0.15, 0.2) is 60.9 Å². The molecule has 288 valence electrons. The Morgan fingerprint density at radius 1 is 0.764 bits per heavy atom. The monoisotopic (exact) mass is 748 g/mol. The van der Waals surface area contributed by atoms with E-state index in [2.05, 4.69) is 32.4 Å². The second-order valence-electron chi connectivity index (χ2n) is 14.7. The zero-order chi connectivity index (χ0) is 39.2. The van der Waals surface area contributed by atoms with Crippen LogP contribution in [-0.4, -0.2) is 91.1 Å². The van der Waals surface area contributed by atoms with Gasteiger partial charge in [-0.25, -0.2) is 19.6 Å². The van der Waals surface area contributed by atoms with Gasteiger partial charge in [0.25, 0.3) is 0 Å². The van der Waals surface area contributed by atoms with E-state index in [4.69, 9.17) is 14.7 Å². The quantitative estimate of drug-likeness (QED) is 0.125. The molecule has 2 aromatic carbocycles. The molecule has 4 amide bonds. The summed E-state index contributed by atoms with van der Waals surface area (Å²) in [6.45, 7) is 8.54. The zero-order valence-electron chi connectivity index (χ0n) is 31.8. The van der Waals surface area contributed by atoms with Gasteiger partial charge in [-0.2, -0.15) is 0 Å². The molecule has 0 bridgehead atoms. The number of hydrogen-bond acceptors (Lipinski definition) is 7. The molecule has 14 heteroatoms. The van der Waals surface area contributed by atoms with Gasteiger partial charge in [-0.05, 0) is 61.8 Å². The van der Waals surface area contributed by atoms with Gasteiger partial charge in [-0.1, -0.05) is 63.8 Å². The first-order valence-electron chi connectivity index (χ1n) is 18.7. The van der Waals surface area contributed by atoms with Gasteiger partial charge >= 0.3 is 12.2 Å². The molecule has 2 fully saturated rings. The van der Waals surface area contributed by atoms with E-state index in [1.165, 1.54) is 7.11 Å². The lowest BCUT2D eigenvalue weighted by Gasteiger charge is -2.29. The van der Waals surface area contributed by atoms with Crippen LogP contribution in [0, 0.1) is 23.7 Å². The van der Waals surface area contributed by atoms with Crippen molar-refractivity contribution >= 4 is 24.0 Å². The Morgan fingerprint density at radius 2 is 1.22 bits per heavy atom. The van der Waals surface area contributed by atoms with Crippen LogP contribution in [-0.2, 0) is 14.3 Å². The summed E-state index contributed by atoms with van der Waals surface area (Å²) in [7, 11) is 1.28. The number of alkyl carbamates (subject to hydrolysis) is 1. The van der Waals surface area contributed by atoms with Crippen molar-refractivity contribution in [2.24, 2.45) is 11.8 Å². The number of aromatic amines is 2. The van der Waals surface area contributed by atoms with E-state index >= 15 is 0 Å². The molecule has 4 atom stereocenters. The van der Waals surface area contributed by atoms with Crippen molar-refractivity contribution in [3.63, 3.8) is 0 Å². The van der Waals surface area contributed by atoms with Crippen LogP contribution in [0.4, 0.5) is 9.59 Å². The molecule has 1 unspecified atom stereocenters. The average Bonchev–Trinajstić information content (AvgIpc) is 4.01. The molecule has 14 nitrogen and oxygen atoms in total. The number of ether oxygens (including phenoxy) is 1. The highest BCUT2D eigenvalue weighted by molar-refractivity contribution is 5.87. The van der Waals surface area contributed by atoms with Gasteiger partial charge in [0.05, 0.1) is 30.6 Å². The molecule has 0 spiro atoms. The standard InChI is InChI=1S/C41H48N8O6/c1-24(2)34(46-40(52)53)38(50)48-18-8-14-32(48)36-42-22-30(44-36)28-12-6-10-26(20-28)16-17-27-11-7-13-29(21-27)31-23-43-37(45-31)33-15-9-19-49(33)39(51)35(25(3)4)47-41(54)55-5/h6-7,10-13,20-25,32-35,46H,8-9,14-15,18-19H2,1-5H3,(H,42,44)(H,43,45)(H,47,54)(H,52,53)/t32-,33?,34-,35-/m0/s1. The maximum Gasteiger partial charge on any atom is 0.407 e. The molecule has 2 aliphatic heterocycles. The fourth-order valence-electron chi connectivity index (χ4n) is 7.30. The largest absolute Gasteiger partial charge is 0.465 e. The minimum absolute atomic E-state index is 0.119. The van der Waals surface area contributed by atoms with Crippen LogP contribution in [0.2, 0.25) is 0 Å². The van der Waals surface area contributed by atoms with Crippen molar-refractivity contribution in [1.29, 1.82) is 0 Å². The topological polar surface area (TPSA) is 186 Å². The lowest BCUT2D eigenvalue weighted by Crippen LogP contribution is -2.51. The fraction of sp³-hybridized carbons (Fsp3) is 0.415. The number of likely N-dealkylation sites (tertiary alicyclic amines) is 2. The summed E-state index contributed by atoms with van der Waals surface area (Å²) in [5, 5.41) is 14.4. The molecule has 5 N–H and O–H groups in total. The lowest BCUT2D eigenvalue weighted by atomic mass is 10.0. The maximum absolute atomic E-state index is 13.6. The van der Waals surface area contributed by atoms with E-state index in [-0.39, 0.29) is 35.7 Å². The van der Waals surface area contributed by atoms with Crippen LogP contribution in [0.5, 0.6) is 0 Å². The Hall–Kier alpha value is -6.10. The van der Waals surface area contributed by atoms with Gasteiger partial charge in [-0.3, -0.25) is 9.59 Å². The number of H-pyrrole nitrogens is 2. The molecule has 0 radical (unpaired) electrons. The van der Waals surface area contributed by atoms with E-state index in [1.807, 2.05) is 88.6 Å². The summed E-state index contributed by atoms with van der Waals surface area (Å²) in [5.74, 6) is 7.18. The minimum Gasteiger partial charge on any atom is -0.465 e. The molecule has 0 aliphatic carbocycles. The first kappa shape index (κ1) is 38.6. The van der Waals surface area contributed by atoms with Crippen molar-refractivity contribution in [2.45, 2.75) is 77.5 Å². The van der Waals surface area contributed by atoms with Crippen molar-refractivity contribution < 1.29 is 29.0 Å². The Balaban J connectivity index is 1.14. The summed E-state index contributed by atoms with van der Waals surface area (Å²) in [5.41, 5.74) is 4.83. The SMILES string of the molecule is COC(=O)N[C@H](C(=O)N1CCCC1c1nc(-c2cccc(C#Cc3cccc(-c4c[nH]c([C@@H]5CCCN5C(=O)[C@@H](NC(=O)O)C(C)C)n4)c3)c2)c[nH]1)C(C)C. The Bertz CT molecular complexity index is 2090. The average molecular weight is 749 g/mol. The molecule has 2 aromatic heterocycles. The summed E-state index contributed by atoms with van der Waals surface area (Å²) in [6.07, 6.45) is 4.92. The summed E-state index contributed by atoms with van der Waals surface area (Å²) in [6, 6.07) is 13.6. The van der Waals surface area contributed by atoms with Crippen molar-refractivity contribution in [3.05, 3.63) is 83.7 Å². The van der Waals surface area contributed by atoms with Crippen molar-refractivity contribution in [1.82, 2.24) is 40.4 Å². The fourth-order valence-corrected chi connectivity index (χ4v) is 7.30. The first-order valence-corrected chi connectivity index (χ1v) is 18.7. The molecule has 0 saturated carbocycles. The number of carboxylic acid groups (broad SMARTS) is 1. The number of aromatic nitrogens is 4. The van der Waals surface area contributed by atoms with Crippen molar-refractivity contribution in [2.75, 3.05) is 20.2 Å². The van der Waals surface area contributed by atoms with Gasteiger partial charge in [-0.15, -0.1) is 0 Å². The Labute approximate surface area is 320 Å². The zero-order valence-corrected chi connectivity index (χ0v) is 31.8. The number of amides is 4. The predicted octanol–water partition coefficient (Wildman–Crippen LogP) is 5.87. The number of hydrogen-bond donors (Lipinski definition) is 5. The maximum atomic E-state index is 13.6. The van der Waals surface area contributed by atoms with Gasteiger partial charge < -0.3 is 40.2 Å². The number of nitrogens with zero attached hydrogens (tertiary/aromatic N) is 4. The van der Waals surface area contributed by atoms with E-state index in [0.29, 0.717) is 24.7 Å². The third-order valence-electron chi connectivity index (χ3n) is 10.2. The molecule has 55 heavy (non-hydrogen) atoms. The van der Waals surface area contributed by atoms with E-state index in [0.717, 1.165) is 59.3 Å². The predicted molar refractivity (Wildman–Crippen MR) is 205 cm³/mol. The third-order valence-corrected chi connectivity index (χ3v) is 10.2. The molecule has 4 aromatic rings.